The fraction of sp³-hybridized carbons (Fsp3) is 0.526. The largest absolute Gasteiger partial charge is 0.490 e. The Balaban J connectivity index is 1.55. The number of ether oxygens (including phenoxy) is 1. The number of rotatable bonds is 4. The molecule has 2 saturated heterocycles. The van der Waals surface area contributed by atoms with Gasteiger partial charge in [-0.1, -0.05) is 17.7 Å². The van der Waals surface area contributed by atoms with E-state index in [4.69, 9.17) is 4.74 Å². The summed E-state index contributed by atoms with van der Waals surface area (Å²) < 4.78 is 34.4. The maximum absolute atomic E-state index is 13.3. The van der Waals surface area contributed by atoms with Gasteiger partial charge in [-0.2, -0.15) is 9.40 Å². The van der Waals surface area contributed by atoms with Crippen molar-refractivity contribution in [3.05, 3.63) is 41.2 Å². The predicted molar refractivity (Wildman–Crippen MR) is 98.7 cm³/mol. The van der Waals surface area contributed by atoms with Crippen molar-refractivity contribution in [3.63, 3.8) is 0 Å². The highest BCUT2D eigenvalue weighted by Gasteiger charge is 2.48. The summed E-state index contributed by atoms with van der Waals surface area (Å²) in [5.41, 5.74) is 2.35. The first-order valence-electron chi connectivity index (χ1n) is 9.14. The molecule has 2 fully saturated rings. The molecule has 0 aliphatic carbocycles. The first kappa shape index (κ1) is 17.5. The summed E-state index contributed by atoms with van der Waals surface area (Å²) in [6.45, 7) is 5.56. The summed E-state index contributed by atoms with van der Waals surface area (Å²) in [6, 6.07) is 8.05. The van der Waals surface area contributed by atoms with E-state index in [1.807, 2.05) is 31.2 Å². The summed E-state index contributed by atoms with van der Waals surface area (Å²) in [5, 5.41) is 6.87. The van der Waals surface area contributed by atoms with E-state index in [0.29, 0.717) is 16.3 Å². The highest BCUT2D eigenvalue weighted by molar-refractivity contribution is 7.89. The topological polar surface area (TPSA) is 75.3 Å². The molecule has 2 bridgehead atoms. The summed E-state index contributed by atoms with van der Waals surface area (Å²) in [5.74, 6) is 0.859. The third kappa shape index (κ3) is 2.93. The van der Waals surface area contributed by atoms with Crippen molar-refractivity contribution in [1.82, 2.24) is 14.5 Å². The zero-order valence-electron chi connectivity index (χ0n) is 15.4. The molecule has 2 aliphatic rings. The van der Waals surface area contributed by atoms with Crippen LogP contribution in [0.5, 0.6) is 5.75 Å². The van der Waals surface area contributed by atoms with Gasteiger partial charge in [0.05, 0.1) is 11.4 Å². The van der Waals surface area contributed by atoms with E-state index in [-0.39, 0.29) is 18.2 Å². The Morgan fingerprint density at radius 2 is 1.69 bits per heavy atom. The van der Waals surface area contributed by atoms with E-state index in [1.165, 1.54) is 5.56 Å². The van der Waals surface area contributed by atoms with Gasteiger partial charge in [0.1, 0.15) is 16.7 Å². The zero-order chi connectivity index (χ0) is 18.5. The number of hydrogen-bond acceptors (Lipinski definition) is 4. The Kier molecular flexibility index (Phi) is 4.31. The van der Waals surface area contributed by atoms with Gasteiger partial charge >= 0.3 is 0 Å². The molecule has 0 amide bonds. The highest BCUT2D eigenvalue weighted by Crippen LogP contribution is 2.41. The minimum Gasteiger partial charge on any atom is -0.490 e. The summed E-state index contributed by atoms with van der Waals surface area (Å²) >= 11 is 0. The van der Waals surface area contributed by atoms with Crippen molar-refractivity contribution in [3.8, 4) is 5.75 Å². The van der Waals surface area contributed by atoms with Crippen molar-refractivity contribution in [1.29, 1.82) is 0 Å². The van der Waals surface area contributed by atoms with Crippen molar-refractivity contribution >= 4 is 10.0 Å². The van der Waals surface area contributed by atoms with Crippen LogP contribution in [0.4, 0.5) is 0 Å². The minimum atomic E-state index is -3.53. The standard InChI is InChI=1S/C19H25N3O3S/c1-12-4-8-17(9-5-12)25-18-10-15-6-7-16(11-18)22(15)26(23,24)19-13(2)20-21-14(19)3/h4-5,8-9,15-16,18H,6-7,10-11H2,1-3H3,(H,20,21)/t15-,16+,18-. The average Bonchev–Trinajstić information content (AvgIpc) is 3.07. The van der Waals surface area contributed by atoms with Crippen LogP contribution in [0, 0.1) is 20.8 Å². The lowest BCUT2D eigenvalue weighted by molar-refractivity contribution is 0.0956. The first-order chi connectivity index (χ1) is 12.4. The third-order valence-electron chi connectivity index (χ3n) is 5.54. The molecule has 7 heteroatoms. The highest BCUT2D eigenvalue weighted by atomic mass is 32.2. The van der Waals surface area contributed by atoms with Gasteiger partial charge in [0.15, 0.2) is 0 Å². The second kappa shape index (κ2) is 6.39. The number of sulfonamides is 1. The predicted octanol–water partition coefficient (Wildman–Crippen LogP) is 3.10. The lowest BCUT2D eigenvalue weighted by atomic mass is 10.0. The fourth-order valence-electron chi connectivity index (χ4n) is 4.41. The molecule has 0 spiro atoms. The van der Waals surface area contributed by atoms with E-state index >= 15 is 0 Å². The van der Waals surface area contributed by atoms with Crippen LogP contribution < -0.4 is 4.74 Å². The second-order valence-electron chi connectivity index (χ2n) is 7.51. The second-order valence-corrected chi connectivity index (χ2v) is 9.29. The van der Waals surface area contributed by atoms with Gasteiger partial charge in [-0.05, 0) is 45.7 Å². The van der Waals surface area contributed by atoms with Crippen molar-refractivity contribution in [2.24, 2.45) is 0 Å². The van der Waals surface area contributed by atoms with Gasteiger partial charge in [0.2, 0.25) is 10.0 Å². The summed E-state index contributed by atoms with van der Waals surface area (Å²) in [6.07, 6.45) is 3.33. The van der Waals surface area contributed by atoms with Crippen molar-refractivity contribution < 1.29 is 13.2 Å². The molecule has 1 aromatic heterocycles. The number of hydrogen-bond donors (Lipinski definition) is 1. The van der Waals surface area contributed by atoms with Crippen molar-refractivity contribution in [2.75, 3.05) is 0 Å². The fourth-order valence-corrected chi connectivity index (χ4v) is 6.64. The Bertz CT molecular complexity index is 871. The van der Waals surface area contributed by atoms with Crippen LogP contribution in [-0.2, 0) is 10.0 Å². The molecule has 4 rings (SSSR count). The zero-order valence-corrected chi connectivity index (χ0v) is 16.2. The van der Waals surface area contributed by atoms with Crippen LogP contribution in [0.3, 0.4) is 0 Å². The molecular weight excluding hydrogens is 350 g/mol. The molecule has 3 heterocycles. The normalized spacial score (nSPS) is 26.2. The molecule has 0 radical (unpaired) electrons. The number of aryl methyl sites for hydroxylation is 3. The van der Waals surface area contributed by atoms with Crippen LogP contribution in [0.1, 0.15) is 42.6 Å². The van der Waals surface area contributed by atoms with Crippen LogP contribution in [0.2, 0.25) is 0 Å². The number of nitrogens with zero attached hydrogens (tertiary/aromatic N) is 2. The van der Waals surface area contributed by atoms with Crippen molar-refractivity contribution in [2.45, 2.75) is 69.5 Å². The minimum absolute atomic E-state index is 0.00268. The number of fused-ring (bicyclic) bond motifs is 2. The van der Waals surface area contributed by atoms with E-state index in [0.717, 1.165) is 31.4 Å². The molecule has 26 heavy (non-hydrogen) atoms. The molecule has 2 aromatic rings. The molecule has 0 unspecified atom stereocenters. The van der Waals surface area contributed by atoms with Crippen LogP contribution in [-0.4, -0.2) is 41.1 Å². The van der Waals surface area contributed by atoms with Gasteiger partial charge in [-0.15, -0.1) is 0 Å². The van der Waals surface area contributed by atoms with E-state index in [9.17, 15) is 8.42 Å². The number of piperidine rings is 1. The molecule has 0 saturated carbocycles. The van der Waals surface area contributed by atoms with Crippen LogP contribution in [0.15, 0.2) is 29.2 Å². The molecule has 6 nitrogen and oxygen atoms in total. The lowest BCUT2D eigenvalue weighted by Gasteiger charge is -2.37. The lowest BCUT2D eigenvalue weighted by Crippen LogP contribution is -2.49. The molecule has 2 aliphatic heterocycles. The van der Waals surface area contributed by atoms with Gasteiger partial charge in [-0.25, -0.2) is 8.42 Å². The van der Waals surface area contributed by atoms with E-state index in [2.05, 4.69) is 10.2 Å². The number of benzene rings is 1. The average molecular weight is 375 g/mol. The maximum Gasteiger partial charge on any atom is 0.247 e. The molecule has 1 N–H and O–H groups in total. The maximum atomic E-state index is 13.3. The molecular formula is C19H25N3O3S. The Labute approximate surface area is 154 Å². The van der Waals surface area contributed by atoms with Gasteiger partial charge < -0.3 is 4.74 Å². The van der Waals surface area contributed by atoms with E-state index in [1.54, 1.807) is 18.2 Å². The van der Waals surface area contributed by atoms with Crippen LogP contribution >= 0.6 is 0 Å². The molecule has 140 valence electrons. The monoisotopic (exact) mass is 375 g/mol. The molecule has 1 aromatic carbocycles. The number of aromatic amines is 1. The quantitative estimate of drug-likeness (QED) is 0.891. The third-order valence-corrected chi connectivity index (χ3v) is 7.81. The number of aromatic nitrogens is 2. The Hall–Kier alpha value is -1.86. The number of H-pyrrole nitrogens is 1. The summed E-state index contributed by atoms with van der Waals surface area (Å²) in [4.78, 5) is 0.340. The smallest absolute Gasteiger partial charge is 0.247 e. The van der Waals surface area contributed by atoms with Gasteiger partial charge in [0, 0.05) is 24.9 Å². The summed E-state index contributed by atoms with van der Waals surface area (Å²) in [7, 11) is -3.53. The Morgan fingerprint density at radius 1 is 1.08 bits per heavy atom. The molecule has 3 atom stereocenters. The SMILES string of the molecule is Cc1ccc(O[C@@H]2C[C@H]3CC[C@@H](C2)N3S(=O)(=O)c2c(C)n[nH]c2C)cc1. The van der Waals surface area contributed by atoms with Gasteiger partial charge in [0.25, 0.3) is 0 Å². The van der Waals surface area contributed by atoms with Gasteiger partial charge in [-0.3, -0.25) is 5.10 Å². The van der Waals surface area contributed by atoms with E-state index < -0.39 is 10.0 Å². The number of nitrogens with one attached hydrogen (secondary N) is 1. The Morgan fingerprint density at radius 3 is 2.23 bits per heavy atom. The first-order valence-corrected chi connectivity index (χ1v) is 10.6. The van der Waals surface area contributed by atoms with Crippen LogP contribution in [0.25, 0.3) is 0 Å².